The standard InChI is InChI=1S/C11H16F2N2/c1-15(2)10-5-3-9(4-6-10)11(12,13)7-8-14/h3-6H,7-8,14H2,1-2H3. The summed E-state index contributed by atoms with van der Waals surface area (Å²) in [6.45, 7) is -0.0115. The first-order valence-corrected chi connectivity index (χ1v) is 4.83. The third kappa shape index (κ3) is 2.89. The van der Waals surface area contributed by atoms with E-state index in [9.17, 15) is 8.78 Å². The van der Waals surface area contributed by atoms with Crippen molar-refractivity contribution in [2.45, 2.75) is 12.3 Å². The Kier molecular flexibility index (Phi) is 3.63. The Morgan fingerprint density at radius 3 is 2.13 bits per heavy atom. The van der Waals surface area contributed by atoms with Gasteiger partial charge in [0.2, 0.25) is 0 Å². The summed E-state index contributed by atoms with van der Waals surface area (Å²) in [4.78, 5) is 1.87. The third-order valence-corrected chi connectivity index (χ3v) is 2.26. The van der Waals surface area contributed by atoms with E-state index in [1.165, 1.54) is 12.1 Å². The molecule has 0 saturated carbocycles. The van der Waals surface area contributed by atoms with Gasteiger partial charge in [0, 0.05) is 31.8 Å². The minimum atomic E-state index is -2.82. The maximum absolute atomic E-state index is 13.4. The first-order valence-electron chi connectivity index (χ1n) is 4.83. The quantitative estimate of drug-likeness (QED) is 0.832. The smallest absolute Gasteiger partial charge is 0.274 e. The van der Waals surface area contributed by atoms with E-state index >= 15 is 0 Å². The van der Waals surface area contributed by atoms with E-state index in [-0.39, 0.29) is 18.5 Å². The van der Waals surface area contributed by atoms with Crippen LogP contribution >= 0.6 is 0 Å². The zero-order valence-electron chi connectivity index (χ0n) is 9.00. The molecule has 0 spiro atoms. The van der Waals surface area contributed by atoms with Crippen molar-refractivity contribution < 1.29 is 8.78 Å². The molecule has 2 nitrogen and oxygen atoms in total. The fourth-order valence-corrected chi connectivity index (χ4v) is 1.33. The van der Waals surface area contributed by atoms with Crippen molar-refractivity contribution in [3.8, 4) is 0 Å². The van der Waals surface area contributed by atoms with Gasteiger partial charge in [0.15, 0.2) is 0 Å². The van der Waals surface area contributed by atoms with Crippen molar-refractivity contribution in [1.29, 1.82) is 0 Å². The number of nitrogens with zero attached hydrogens (tertiary/aromatic N) is 1. The molecule has 1 aromatic carbocycles. The zero-order valence-corrected chi connectivity index (χ0v) is 9.00. The van der Waals surface area contributed by atoms with Crippen molar-refractivity contribution in [1.82, 2.24) is 0 Å². The number of benzene rings is 1. The molecule has 0 aliphatic rings. The lowest BCUT2D eigenvalue weighted by Crippen LogP contribution is -2.18. The van der Waals surface area contributed by atoms with Crippen molar-refractivity contribution in [3.63, 3.8) is 0 Å². The van der Waals surface area contributed by atoms with E-state index in [2.05, 4.69) is 0 Å². The third-order valence-electron chi connectivity index (χ3n) is 2.26. The number of hydrogen-bond acceptors (Lipinski definition) is 2. The molecule has 0 amide bonds. The Morgan fingerprint density at radius 1 is 1.20 bits per heavy atom. The summed E-state index contributed by atoms with van der Waals surface area (Å²) < 4.78 is 26.8. The van der Waals surface area contributed by atoms with Gasteiger partial charge in [-0.2, -0.15) is 0 Å². The first-order chi connectivity index (χ1) is 6.97. The lowest BCUT2D eigenvalue weighted by molar-refractivity contribution is -0.0107. The summed E-state index contributed by atoms with van der Waals surface area (Å²) in [5.41, 5.74) is 6.07. The second-order valence-electron chi connectivity index (χ2n) is 3.68. The molecule has 2 N–H and O–H groups in total. The highest BCUT2D eigenvalue weighted by molar-refractivity contribution is 5.46. The van der Waals surface area contributed by atoms with Gasteiger partial charge in [-0.05, 0) is 18.7 Å². The van der Waals surface area contributed by atoms with Gasteiger partial charge in [0.1, 0.15) is 0 Å². The molecule has 0 aromatic heterocycles. The van der Waals surface area contributed by atoms with Gasteiger partial charge in [0.05, 0.1) is 0 Å². The van der Waals surface area contributed by atoms with Gasteiger partial charge in [-0.1, -0.05) is 12.1 Å². The van der Waals surface area contributed by atoms with Gasteiger partial charge in [0.25, 0.3) is 5.92 Å². The molecule has 1 aromatic rings. The minimum absolute atomic E-state index is 0.0115. The molecule has 0 unspecified atom stereocenters. The molecule has 0 radical (unpaired) electrons. The van der Waals surface area contributed by atoms with Crippen LogP contribution in [0.3, 0.4) is 0 Å². The van der Waals surface area contributed by atoms with Crippen LogP contribution in [0.15, 0.2) is 24.3 Å². The van der Waals surface area contributed by atoms with E-state index in [1.807, 2.05) is 19.0 Å². The Balaban J connectivity index is 2.88. The molecule has 0 fully saturated rings. The summed E-state index contributed by atoms with van der Waals surface area (Å²) >= 11 is 0. The van der Waals surface area contributed by atoms with Crippen LogP contribution < -0.4 is 10.6 Å². The molecule has 0 bridgehead atoms. The highest BCUT2D eigenvalue weighted by atomic mass is 19.3. The van der Waals surface area contributed by atoms with E-state index in [1.54, 1.807) is 12.1 Å². The van der Waals surface area contributed by atoms with Crippen molar-refractivity contribution >= 4 is 5.69 Å². The topological polar surface area (TPSA) is 29.3 Å². The lowest BCUT2D eigenvalue weighted by Gasteiger charge is -2.17. The average Bonchev–Trinajstić information content (AvgIpc) is 2.18. The maximum Gasteiger partial charge on any atom is 0.274 e. The van der Waals surface area contributed by atoms with Gasteiger partial charge in [-0.3, -0.25) is 0 Å². The first kappa shape index (κ1) is 11.9. The van der Waals surface area contributed by atoms with Gasteiger partial charge in [-0.25, -0.2) is 8.78 Å². The Hall–Kier alpha value is -1.16. The Bertz CT molecular complexity index is 307. The normalized spacial score (nSPS) is 11.5. The van der Waals surface area contributed by atoms with E-state index in [0.29, 0.717) is 0 Å². The van der Waals surface area contributed by atoms with Crippen molar-refractivity contribution in [2.24, 2.45) is 5.73 Å². The maximum atomic E-state index is 13.4. The molecule has 0 aliphatic heterocycles. The monoisotopic (exact) mass is 214 g/mol. The second-order valence-corrected chi connectivity index (χ2v) is 3.68. The Morgan fingerprint density at radius 2 is 1.73 bits per heavy atom. The van der Waals surface area contributed by atoms with Crippen LogP contribution in [0.4, 0.5) is 14.5 Å². The SMILES string of the molecule is CN(C)c1ccc(C(F)(F)CCN)cc1. The van der Waals surface area contributed by atoms with Crippen LogP contribution in [0, 0.1) is 0 Å². The summed E-state index contributed by atoms with van der Waals surface area (Å²) in [5, 5.41) is 0. The number of hydrogen-bond donors (Lipinski definition) is 1. The number of nitrogens with two attached hydrogens (primary N) is 1. The fourth-order valence-electron chi connectivity index (χ4n) is 1.33. The number of halogens is 2. The van der Waals surface area contributed by atoms with Crippen LogP contribution in [-0.2, 0) is 5.92 Å². The van der Waals surface area contributed by atoms with Crippen LogP contribution in [0.1, 0.15) is 12.0 Å². The van der Waals surface area contributed by atoms with Crippen LogP contribution in [-0.4, -0.2) is 20.6 Å². The summed E-state index contributed by atoms with van der Waals surface area (Å²) in [6, 6.07) is 6.26. The highest BCUT2D eigenvalue weighted by Gasteiger charge is 2.29. The van der Waals surface area contributed by atoms with Gasteiger partial charge in [-0.15, -0.1) is 0 Å². The van der Waals surface area contributed by atoms with Crippen LogP contribution in [0.2, 0.25) is 0 Å². The number of rotatable bonds is 4. The predicted octanol–water partition coefficient (Wildman–Crippen LogP) is 2.19. The molecule has 15 heavy (non-hydrogen) atoms. The molecule has 0 atom stereocenters. The molecule has 0 saturated heterocycles. The van der Waals surface area contributed by atoms with E-state index in [0.717, 1.165) is 5.69 Å². The largest absolute Gasteiger partial charge is 0.378 e. The lowest BCUT2D eigenvalue weighted by atomic mass is 10.1. The average molecular weight is 214 g/mol. The summed E-state index contributed by atoms with van der Waals surface area (Å²) in [7, 11) is 3.74. The molecule has 4 heteroatoms. The molecule has 1 rings (SSSR count). The van der Waals surface area contributed by atoms with Crippen molar-refractivity contribution in [3.05, 3.63) is 29.8 Å². The zero-order chi connectivity index (χ0) is 11.5. The summed E-state index contributed by atoms with van der Waals surface area (Å²) in [5.74, 6) is -2.82. The van der Waals surface area contributed by atoms with Gasteiger partial charge >= 0.3 is 0 Å². The minimum Gasteiger partial charge on any atom is -0.378 e. The fraction of sp³-hybridized carbons (Fsp3) is 0.455. The predicted molar refractivity (Wildman–Crippen MR) is 58.3 cm³/mol. The van der Waals surface area contributed by atoms with E-state index in [4.69, 9.17) is 5.73 Å². The summed E-state index contributed by atoms with van der Waals surface area (Å²) in [6.07, 6.45) is -0.311. The number of alkyl halides is 2. The number of anilines is 1. The Labute approximate surface area is 88.7 Å². The molecular formula is C11H16F2N2. The molecule has 0 heterocycles. The molecule has 0 aliphatic carbocycles. The van der Waals surface area contributed by atoms with Crippen LogP contribution in [0.5, 0.6) is 0 Å². The van der Waals surface area contributed by atoms with E-state index < -0.39 is 5.92 Å². The molecule has 84 valence electrons. The van der Waals surface area contributed by atoms with Gasteiger partial charge < -0.3 is 10.6 Å². The van der Waals surface area contributed by atoms with Crippen LogP contribution in [0.25, 0.3) is 0 Å². The molecular weight excluding hydrogens is 198 g/mol. The highest BCUT2D eigenvalue weighted by Crippen LogP contribution is 2.31. The second kappa shape index (κ2) is 4.57. The van der Waals surface area contributed by atoms with Crippen molar-refractivity contribution in [2.75, 3.05) is 25.5 Å².